The van der Waals surface area contributed by atoms with E-state index in [1.807, 2.05) is 53.1 Å². The van der Waals surface area contributed by atoms with Crippen LogP contribution in [0.1, 0.15) is 37.1 Å². The first-order chi connectivity index (χ1) is 18.3. The van der Waals surface area contributed by atoms with Crippen molar-refractivity contribution < 1.29 is 18.9 Å². The van der Waals surface area contributed by atoms with Gasteiger partial charge in [-0.05, 0) is 43.0 Å². The van der Waals surface area contributed by atoms with Gasteiger partial charge in [-0.2, -0.15) is 4.98 Å². The SMILES string of the molecule is Cc1nc(-c2c(Cl)c3ccccc3n2-c2ccc(CNC(=O)C3(NC(=O)C4CCC(=O)N4)CC3)cc2)no1. The van der Waals surface area contributed by atoms with Crippen molar-refractivity contribution in [2.75, 3.05) is 0 Å². The van der Waals surface area contributed by atoms with Crippen molar-refractivity contribution in [3.8, 4) is 17.2 Å². The molecule has 4 aromatic rings. The molecular formula is C27H25ClN6O4. The molecule has 10 nitrogen and oxygen atoms in total. The highest BCUT2D eigenvalue weighted by Crippen LogP contribution is 2.39. The Morgan fingerprint density at radius 3 is 2.61 bits per heavy atom. The predicted molar refractivity (Wildman–Crippen MR) is 139 cm³/mol. The first-order valence-electron chi connectivity index (χ1n) is 12.4. The van der Waals surface area contributed by atoms with Crippen LogP contribution in [-0.4, -0.2) is 44.0 Å². The highest BCUT2D eigenvalue weighted by Gasteiger charge is 2.52. The Balaban J connectivity index is 1.18. The number of nitrogens with zero attached hydrogens (tertiary/aromatic N) is 3. The standard InChI is InChI=1S/C27H25ClN6O4/c1-15-30-24(33-38-15)23-22(28)18-4-2-3-5-20(18)34(23)17-8-6-16(7-9-17)14-29-26(37)27(12-13-27)32-25(36)19-10-11-21(35)31-19/h2-9,19H,10-14H2,1H3,(H,29,37)(H,31,35)(H,32,36). The van der Waals surface area contributed by atoms with Crippen molar-refractivity contribution in [2.45, 2.75) is 50.7 Å². The number of para-hydroxylation sites is 1. The zero-order chi connectivity index (χ0) is 26.4. The fourth-order valence-corrected chi connectivity index (χ4v) is 5.17. The Kier molecular flexibility index (Phi) is 5.91. The van der Waals surface area contributed by atoms with Crippen LogP contribution >= 0.6 is 11.6 Å². The fraction of sp³-hybridized carbons (Fsp3) is 0.296. The Morgan fingerprint density at radius 1 is 1.18 bits per heavy atom. The smallest absolute Gasteiger partial charge is 0.246 e. The van der Waals surface area contributed by atoms with Crippen molar-refractivity contribution in [2.24, 2.45) is 0 Å². The molecule has 11 heteroatoms. The summed E-state index contributed by atoms with van der Waals surface area (Å²) in [5, 5.41) is 13.9. The molecule has 1 aliphatic heterocycles. The number of benzene rings is 2. The molecule has 38 heavy (non-hydrogen) atoms. The van der Waals surface area contributed by atoms with Gasteiger partial charge < -0.3 is 25.0 Å². The average Bonchev–Trinajstić information content (AvgIpc) is 3.21. The minimum Gasteiger partial charge on any atom is -0.350 e. The summed E-state index contributed by atoms with van der Waals surface area (Å²) >= 11 is 6.76. The van der Waals surface area contributed by atoms with Gasteiger partial charge in [0, 0.05) is 31.0 Å². The molecule has 6 rings (SSSR count). The van der Waals surface area contributed by atoms with E-state index in [0.717, 1.165) is 22.2 Å². The minimum absolute atomic E-state index is 0.141. The lowest BCUT2D eigenvalue weighted by Crippen LogP contribution is -2.53. The van der Waals surface area contributed by atoms with E-state index >= 15 is 0 Å². The maximum absolute atomic E-state index is 12.9. The third kappa shape index (κ3) is 4.30. The van der Waals surface area contributed by atoms with Crippen LogP contribution in [0.15, 0.2) is 53.1 Å². The van der Waals surface area contributed by atoms with Gasteiger partial charge in [-0.25, -0.2) is 0 Å². The summed E-state index contributed by atoms with van der Waals surface area (Å²) in [5.74, 6) is 0.165. The molecule has 2 aliphatic rings. The molecule has 2 aromatic heterocycles. The van der Waals surface area contributed by atoms with E-state index in [-0.39, 0.29) is 17.7 Å². The quantitative estimate of drug-likeness (QED) is 0.335. The van der Waals surface area contributed by atoms with Crippen molar-refractivity contribution in [1.29, 1.82) is 0 Å². The number of carbonyl (C=O) groups is 3. The monoisotopic (exact) mass is 532 g/mol. The molecule has 1 unspecified atom stereocenters. The van der Waals surface area contributed by atoms with E-state index in [2.05, 4.69) is 26.1 Å². The second kappa shape index (κ2) is 9.29. The van der Waals surface area contributed by atoms with Gasteiger partial charge in [-0.1, -0.05) is 47.1 Å². The lowest BCUT2D eigenvalue weighted by molar-refractivity contribution is -0.131. The average molecular weight is 533 g/mol. The maximum atomic E-state index is 12.9. The van der Waals surface area contributed by atoms with Gasteiger partial charge >= 0.3 is 0 Å². The largest absolute Gasteiger partial charge is 0.350 e. The van der Waals surface area contributed by atoms with Crippen LogP contribution in [0, 0.1) is 6.92 Å². The zero-order valence-electron chi connectivity index (χ0n) is 20.6. The number of rotatable bonds is 7. The molecule has 0 spiro atoms. The summed E-state index contributed by atoms with van der Waals surface area (Å²) in [7, 11) is 0. The van der Waals surface area contributed by atoms with E-state index in [4.69, 9.17) is 16.1 Å². The first-order valence-corrected chi connectivity index (χ1v) is 12.8. The Hall–Kier alpha value is -4.18. The second-order valence-corrected chi connectivity index (χ2v) is 10.1. The molecule has 1 saturated heterocycles. The zero-order valence-corrected chi connectivity index (χ0v) is 21.3. The molecule has 3 N–H and O–H groups in total. The lowest BCUT2D eigenvalue weighted by atomic mass is 10.1. The van der Waals surface area contributed by atoms with E-state index in [1.165, 1.54) is 0 Å². The molecule has 1 aliphatic carbocycles. The third-order valence-corrected chi connectivity index (χ3v) is 7.44. The summed E-state index contributed by atoms with van der Waals surface area (Å²) in [6.45, 7) is 2.03. The third-order valence-electron chi connectivity index (χ3n) is 7.06. The Bertz CT molecular complexity index is 1570. The fourth-order valence-electron chi connectivity index (χ4n) is 4.84. The van der Waals surface area contributed by atoms with Crippen molar-refractivity contribution in [1.82, 2.24) is 30.7 Å². The molecule has 0 radical (unpaired) electrons. The van der Waals surface area contributed by atoms with Gasteiger partial charge in [0.25, 0.3) is 0 Å². The van der Waals surface area contributed by atoms with Crippen LogP contribution in [-0.2, 0) is 20.9 Å². The molecule has 3 heterocycles. The molecule has 1 atom stereocenters. The summed E-state index contributed by atoms with van der Waals surface area (Å²) in [5.41, 5.74) is 2.39. The van der Waals surface area contributed by atoms with Crippen LogP contribution in [0.3, 0.4) is 0 Å². The van der Waals surface area contributed by atoms with Gasteiger partial charge in [0.1, 0.15) is 17.3 Å². The van der Waals surface area contributed by atoms with E-state index < -0.39 is 11.6 Å². The highest BCUT2D eigenvalue weighted by atomic mass is 35.5. The van der Waals surface area contributed by atoms with E-state index in [0.29, 0.717) is 54.7 Å². The minimum atomic E-state index is -0.900. The van der Waals surface area contributed by atoms with Crippen LogP contribution in [0.5, 0.6) is 0 Å². The number of carbonyl (C=O) groups excluding carboxylic acids is 3. The maximum Gasteiger partial charge on any atom is 0.246 e. The summed E-state index contributed by atoms with van der Waals surface area (Å²) in [4.78, 5) is 41.2. The number of fused-ring (bicyclic) bond motifs is 1. The lowest BCUT2D eigenvalue weighted by Gasteiger charge is -2.19. The van der Waals surface area contributed by atoms with Gasteiger partial charge in [-0.3, -0.25) is 14.4 Å². The van der Waals surface area contributed by atoms with Crippen molar-refractivity contribution >= 4 is 40.2 Å². The van der Waals surface area contributed by atoms with Crippen molar-refractivity contribution in [3.63, 3.8) is 0 Å². The van der Waals surface area contributed by atoms with Crippen LogP contribution in [0.4, 0.5) is 0 Å². The number of amides is 3. The van der Waals surface area contributed by atoms with Crippen LogP contribution in [0.2, 0.25) is 5.02 Å². The summed E-state index contributed by atoms with van der Waals surface area (Å²) in [6, 6.07) is 15.0. The number of aromatic nitrogens is 3. The number of halogens is 1. The normalized spacial score (nSPS) is 17.8. The summed E-state index contributed by atoms with van der Waals surface area (Å²) < 4.78 is 7.19. The van der Waals surface area contributed by atoms with E-state index in [9.17, 15) is 14.4 Å². The topological polar surface area (TPSA) is 131 Å². The number of hydrogen-bond acceptors (Lipinski definition) is 6. The Morgan fingerprint density at radius 2 is 1.95 bits per heavy atom. The predicted octanol–water partition coefficient (Wildman–Crippen LogP) is 3.19. The van der Waals surface area contributed by atoms with Gasteiger partial charge in [-0.15, -0.1) is 0 Å². The van der Waals surface area contributed by atoms with Gasteiger partial charge in [0.15, 0.2) is 0 Å². The molecule has 3 amide bonds. The molecule has 1 saturated carbocycles. The Labute approximate surface area is 222 Å². The molecule has 2 fully saturated rings. The van der Waals surface area contributed by atoms with Gasteiger partial charge in [0.05, 0.1) is 10.5 Å². The first kappa shape index (κ1) is 24.2. The molecular weight excluding hydrogens is 508 g/mol. The van der Waals surface area contributed by atoms with Gasteiger partial charge in [0.2, 0.25) is 29.4 Å². The molecule has 194 valence electrons. The number of aryl methyl sites for hydroxylation is 1. The molecule has 2 aromatic carbocycles. The van der Waals surface area contributed by atoms with Crippen molar-refractivity contribution in [3.05, 3.63) is 65.0 Å². The summed E-state index contributed by atoms with van der Waals surface area (Å²) in [6.07, 6.45) is 1.92. The van der Waals surface area contributed by atoms with E-state index in [1.54, 1.807) is 6.92 Å². The van der Waals surface area contributed by atoms with Crippen LogP contribution < -0.4 is 16.0 Å². The number of nitrogens with one attached hydrogen (secondary N) is 3. The van der Waals surface area contributed by atoms with Crippen LogP contribution in [0.25, 0.3) is 28.1 Å². The molecule has 0 bridgehead atoms. The second-order valence-electron chi connectivity index (χ2n) is 9.73. The highest BCUT2D eigenvalue weighted by molar-refractivity contribution is 6.38. The number of hydrogen-bond donors (Lipinski definition) is 3.